The molecule has 2 aromatic rings. The van der Waals surface area contributed by atoms with E-state index in [4.69, 9.17) is 5.26 Å². The third-order valence-electron chi connectivity index (χ3n) is 2.42. The number of pyridine rings is 1. The highest BCUT2D eigenvalue weighted by Gasteiger charge is 1.97. The molecule has 84 valence electrons. The van der Waals surface area contributed by atoms with Crippen molar-refractivity contribution >= 4 is 5.82 Å². The van der Waals surface area contributed by atoms with Crippen LogP contribution in [0.1, 0.15) is 16.8 Å². The van der Waals surface area contributed by atoms with Crippen LogP contribution in [0.3, 0.4) is 0 Å². The van der Waals surface area contributed by atoms with Gasteiger partial charge in [-0.1, -0.05) is 18.2 Å². The number of hydrogen-bond donors (Lipinski definition) is 1. The van der Waals surface area contributed by atoms with Crippen molar-refractivity contribution < 1.29 is 0 Å². The molecule has 1 aromatic carbocycles. The second kappa shape index (κ2) is 5.13. The summed E-state index contributed by atoms with van der Waals surface area (Å²) in [5.41, 5.74) is 2.75. The predicted molar refractivity (Wildman–Crippen MR) is 67.5 cm³/mol. The molecule has 0 aliphatic carbocycles. The Kier molecular flexibility index (Phi) is 3.37. The van der Waals surface area contributed by atoms with Crippen LogP contribution in [0.5, 0.6) is 0 Å². The molecule has 1 aromatic heterocycles. The minimum Gasteiger partial charge on any atom is -0.366 e. The molecule has 0 aliphatic rings. The van der Waals surface area contributed by atoms with Crippen LogP contribution in [0, 0.1) is 18.3 Å². The fraction of sp³-hybridized carbons (Fsp3) is 0.143. The Morgan fingerprint density at radius 3 is 2.82 bits per heavy atom. The van der Waals surface area contributed by atoms with Crippen molar-refractivity contribution in [2.24, 2.45) is 0 Å². The molecule has 17 heavy (non-hydrogen) atoms. The number of nitriles is 1. The number of rotatable bonds is 3. The van der Waals surface area contributed by atoms with Crippen molar-refractivity contribution in [1.29, 1.82) is 5.26 Å². The van der Waals surface area contributed by atoms with Crippen LogP contribution in [-0.4, -0.2) is 4.98 Å². The summed E-state index contributed by atoms with van der Waals surface area (Å²) in [6.07, 6.45) is 0. The summed E-state index contributed by atoms with van der Waals surface area (Å²) in [4.78, 5) is 4.35. The zero-order valence-corrected chi connectivity index (χ0v) is 9.64. The maximum atomic E-state index is 8.80. The maximum Gasteiger partial charge on any atom is 0.126 e. The van der Waals surface area contributed by atoms with E-state index in [9.17, 15) is 0 Å². The minimum absolute atomic E-state index is 0.673. The van der Waals surface area contributed by atoms with Gasteiger partial charge in [0, 0.05) is 12.2 Å². The largest absolute Gasteiger partial charge is 0.366 e. The lowest BCUT2D eigenvalue weighted by atomic mass is 10.1. The summed E-state index contributed by atoms with van der Waals surface area (Å²) in [5.74, 6) is 0.854. The first-order chi connectivity index (χ1) is 8.28. The van der Waals surface area contributed by atoms with Gasteiger partial charge >= 0.3 is 0 Å². The average molecular weight is 223 g/mol. The van der Waals surface area contributed by atoms with Gasteiger partial charge in [-0.05, 0) is 36.8 Å². The van der Waals surface area contributed by atoms with Crippen molar-refractivity contribution in [1.82, 2.24) is 4.98 Å². The molecule has 0 spiro atoms. The van der Waals surface area contributed by atoms with Crippen LogP contribution >= 0.6 is 0 Å². The van der Waals surface area contributed by atoms with Gasteiger partial charge in [0.2, 0.25) is 0 Å². The number of benzene rings is 1. The Labute approximate surface area is 101 Å². The highest BCUT2D eigenvalue weighted by atomic mass is 15.0. The zero-order valence-electron chi connectivity index (χ0n) is 9.64. The first kappa shape index (κ1) is 11.2. The highest BCUT2D eigenvalue weighted by Crippen LogP contribution is 2.08. The average Bonchev–Trinajstić information content (AvgIpc) is 2.37. The Hall–Kier alpha value is -2.34. The van der Waals surface area contributed by atoms with E-state index < -0.39 is 0 Å². The van der Waals surface area contributed by atoms with Crippen LogP contribution in [0.2, 0.25) is 0 Å². The molecule has 0 aliphatic heterocycles. The van der Waals surface area contributed by atoms with E-state index in [0.29, 0.717) is 12.1 Å². The van der Waals surface area contributed by atoms with Gasteiger partial charge in [-0.2, -0.15) is 5.26 Å². The third kappa shape index (κ3) is 3.05. The van der Waals surface area contributed by atoms with E-state index in [1.165, 1.54) is 0 Å². The quantitative estimate of drug-likeness (QED) is 0.870. The summed E-state index contributed by atoms with van der Waals surface area (Å²) in [7, 11) is 0. The zero-order chi connectivity index (χ0) is 12.1. The number of aryl methyl sites for hydroxylation is 1. The van der Waals surface area contributed by atoms with E-state index in [0.717, 1.165) is 17.1 Å². The van der Waals surface area contributed by atoms with Gasteiger partial charge in [-0.3, -0.25) is 0 Å². The molecule has 0 amide bonds. The summed E-state index contributed by atoms with van der Waals surface area (Å²) in [6, 6.07) is 15.5. The monoisotopic (exact) mass is 223 g/mol. The lowest BCUT2D eigenvalue weighted by Gasteiger charge is -2.06. The molecule has 3 nitrogen and oxygen atoms in total. The molecule has 1 heterocycles. The van der Waals surface area contributed by atoms with Gasteiger partial charge < -0.3 is 5.32 Å². The lowest BCUT2D eigenvalue weighted by Crippen LogP contribution is -2.01. The van der Waals surface area contributed by atoms with Crippen LogP contribution < -0.4 is 5.32 Å². The SMILES string of the molecule is Cc1cccc(NCc2cccc(C#N)c2)n1. The van der Waals surface area contributed by atoms with Crippen molar-refractivity contribution in [3.8, 4) is 6.07 Å². The fourth-order valence-electron chi connectivity index (χ4n) is 1.58. The van der Waals surface area contributed by atoms with Gasteiger partial charge in [0.1, 0.15) is 5.82 Å². The van der Waals surface area contributed by atoms with Gasteiger partial charge in [0.25, 0.3) is 0 Å². The Morgan fingerprint density at radius 2 is 2.06 bits per heavy atom. The third-order valence-corrected chi connectivity index (χ3v) is 2.42. The lowest BCUT2D eigenvalue weighted by molar-refractivity contribution is 1.09. The number of nitrogens with zero attached hydrogens (tertiary/aromatic N) is 2. The number of aromatic nitrogens is 1. The van der Waals surface area contributed by atoms with Gasteiger partial charge in [-0.15, -0.1) is 0 Å². The highest BCUT2D eigenvalue weighted by molar-refractivity contribution is 5.38. The molecular formula is C14H13N3. The van der Waals surface area contributed by atoms with Crippen LogP contribution in [0.15, 0.2) is 42.5 Å². The summed E-state index contributed by atoms with van der Waals surface area (Å²) in [5, 5.41) is 12.0. The van der Waals surface area contributed by atoms with Crippen LogP contribution in [0.4, 0.5) is 5.82 Å². The standard InChI is InChI=1S/C14H13N3/c1-11-4-2-7-14(17-11)16-10-13-6-3-5-12(8-13)9-15/h2-8H,10H2,1H3,(H,16,17). The molecule has 1 N–H and O–H groups in total. The number of anilines is 1. The second-order valence-corrected chi connectivity index (χ2v) is 3.83. The molecule has 0 bridgehead atoms. The first-order valence-electron chi connectivity index (χ1n) is 5.44. The molecular weight excluding hydrogens is 210 g/mol. The van der Waals surface area contributed by atoms with Crippen molar-refractivity contribution in [2.45, 2.75) is 13.5 Å². The van der Waals surface area contributed by atoms with E-state index in [1.807, 2.05) is 43.3 Å². The molecule has 0 atom stereocenters. The molecule has 0 radical (unpaired) electrons. The summed E-state index contributed by atoms with van der Waals surface area (Å²) < 4.78 is 0. The Morgan fingerprint density at radius 1 is 1.24 bits per heavy atom. The normalized spacial score (nSPS) is 9.65. The molecule has 0 fully saturated rings. The second-order valence-electron chi connectivity index (χ2n) is 3.83. The summed E-state index contributed by atoms with van der Waals surface area (Å²) >= 11 is 0. The predicted octanol–water partition coefficient (Wildman–Crippen LogP) is 2.87. The molecule has 0 saturated carbocycles. The van der Waals surface area contributed by atoms with Crippen molar-refractivity contribution in [2.75, 3.05) is 5.32 Å². The molecule has 3 heteroatoms. The Balaban J connectivity index is 2.05. The fourth-order valence-corrected chi connectivity index (χ4v) is 1.58. The van der Waals surface area contributed by atoms with E-state index in [2.05, 4.69) is 16.4 Å². The van der Waals surface area contributed by atoms with Crippen molar-refractivity contribution in [3.05, 3.63) is 59.3 Å². The topological polar surface area (TPSA) is 48.7 Å². The van der Waals surface area contributed by atoms with E-state index in [-0.39, 0.29) is 0 Å². The van der Waals surface area contributed by atoms with E-state index in [1.54, 1.807) is 6.07 Å². The smallest absolute Gasteiger partial charge is 0.126 e. The first-order valence-corrected chi connectivity index (χ1v) is 5.44. The minimum atomic E-state index is 0.673. The Bertz CT molecular complexity index is 555. The molecule has 0 unspecified atom stereocenters. The summed E-state index contributed by atoms with van der Waals surface area (Å²) in [6.45, 7) is 2.63. The van der Waals surface area contributed by atoms with Gasteiger partial charge in [-0.25, -0.2) is 4.98 Å². The van der Waals surface area contributed by atoms with Crippen LogP contribution in [-0.2, 0) is 6.54 Å². The van der Waals surface area contributed by atoms with E-state index >= 15 is 0 Å². The van der Waals surface area contributed by atoms with Gasteiger partial charge in [0.05, 0.1) is 11.6 Å². The molecule has 0 saturated heterocycles. The maximum absolute atomic E-state index is 8.80. The van der Waals surface area contributed by atoms with Crippen molar-refractivity contribution in [3.63, 3.8) is 0 Å². The molecule has 2 rings (SSSR count). The van der Waals surface area contributed by atoms with Crippen LogP contribution in [0.25, 0.3) is 0 Å². The number of nitrogens with one attached hydrogen (secondary N) is 1. The van der Waals surface area contributed by atoms with Gasteiger partial charge in [0.15, 0.2) is 0 Å². The number of hydrogen-bond acceptors (Lipinski definition) is 3.